The fourth-order valence-corrected chi connectivity index (χ4v) is 2.17. The van der Waals surface area contributed by atoms with Crippen molar-refractivity contribution in [2.45, 2.75) is 13.8 Å². The summed E-state index contributed by atoms with van der Waals surface area (Å²) < 4.78 is 24.0. The minimum absolute atomic E-state index is 0.0456. The highest BCUT2D eigenvalue weighted by atomic mass is 19.1. The van der Waals surface area contributed by atoms with Gasteiger partial charge in [-0.05, 0) is 49.7 Å². The Morgan fingerprint density at radius 1 is 1.14 bits per heavy atom. The molecule has 3 rings (SSSR count). The molecule has 0 saturated heterocycles. The molecule has 0 amide bonds. The summed E-state index contributed by atoms with van der Waals surface area (Å²) in [7, 11) is 0. The maximum atomic E-state index is 12.9. The summed E-state index contributed by atoms with van der Waals surface area (Å²) in [6.45, 7) is 3.28. The molecular formula is C17H13FO4. The van der Waals surface area contributed by atoms with Crippen LogP contribution in [0.15, 0.2) is 45.6 Å². The summed E-state index contributed by atoms with van der Waals surface area (Å²) in [6.07, 6.45) is 0. The fourth-order valence-electron chi connectivity index (χ4n) is 2.17. The first-order valence-corrected chi connectivity index (χ1v) is 6.66. The molecule has 2 aromatic carbocycles. The lowest BCUT2D eigenvalue weighted by Crippen LogP contribution is -2.07. The second-order valence-corrected chi connectivity index (χ2v) is 5.01. The molecule has 0 aliphatic rings. The zero-order valence-electron chi connectivity index (χ0n) is 12.0. The van der Waals surface area contributed by atoms with E-state index in [-0.39, 0.29) is 34.1 Å². The molecule has 4 nitrogen and oxygen atoms in total. The molecule has 0 aliphatic heterocycles. The number of phenolic OH excluding ortho intramolecular Hbond substituents is 1. The molecule has 0 radical (unpaired) electrons. The van der Waals surface area contributed by atoms with Crippen LogP contribution in [0.1, 0.15) is 11.3 Å². The molecule has 0 fully saturated rings. The largest absolute Gasteiger partial charge is 0.508 e. The van der Waals surface area contributed by atoms with Crippen molar-refractivity contribution in [1.29, 1.82) is 0 Å². The Hall–Kier alpha value is -2.82. The van der Waals surface area contributed by atoms with Crippen LogP contribution in [0.25, 0.3) is 11.0 Å². The average Bonchev–Trinajstić information content (AvgIpc) is 2.48. The van der Waals surface area contributed by atoms with E-state index >= 15 is 0 Å². The van der Waals surface area contributed by atoms with E-state index in [4.69, 9.17) is 9.15 Å². The highest BCUT2D eigenvalue weighted by Gasteiger charge is 2.15. The molecule has 3 aromatic rings. The van der Waals surface area contributed by atoms with E-state index in [2.05, 4.69) is 0 Å². The monoisotopic (exact) mass is 300 g/mol. The number of phenols is 1. The van der Waals surface area contributed by atoms with Crippen molar-refractivity contribution < 1.29 is 18.7 Å². The van der Waals surface area contributed by atoms with Gasteiger partial charge in [0.15, 0.2) is 0 Å². The van der Waals surface area contributed by atoms with Gasteiger partial charge in [0.05, 0.1) is 5.39 Å². The zero-order chi connectivity index (χ0) is 15.9. The van der Waals surface area contributed by atoms with Gasteiger partial charge >= 0.3 is 0 Å². The molecule has 0 saturated carbocycles. The van der Waals surface area contributed by atoms with Gasteiger partial charge in [0.1, 0.15) is 28.7 Å². The van der Waals surface area contributed by atoms with Crippen LogP contribution in [0.5, 0.6) is 17.2 Å². The SMILES string of the molecule is Cc1cc2c(=O)c(Oc3ccc(F)cc3)c(C)oc2cc1O. The van der Waals surface area contributed by atoms with Gasteiger partial charge in [-0.1, -0.05) is 0 Å². The van der Waals surface area contributed by atoms with Crippen LogP contribution >= 0.6 is 0 Å². The molecule has 112 valence electrons. The predicted octanol–water partition coefficient (Wildman–Crippen LogP) is 4.05. The molecule has 0 bridgehead atoms. The lowest BCUT2D eigenvalue weighted by Gasteiger charge is -2.09. The van der Waals surface area contributed by atoms with E-state index in [0.29, 0.717) is 16.7 Å². The number of ether oxygens (including phenoxy) is 1. The number of halogens is 1. The van der Waals surface area contributed by atoms with Crippen molar-refractivity contribution in [3.05, 3.63) is 63.8 Å². The first-order valence-electron chi connectivity index (χ1n) is 6.66. The minimum Gasteiger partial charge on any atom is -0.508 e. The Balaban J connectivity index is 2.15. The number of hydrogen-bond donors (Lipinski definition) is 1. The molecule has 0 unspecified atom stereocenters. The predicted molar refractivity (Wildman–Crippen MR) is 80.1 cm³/mol. The average molecular weight is 300 g/mol. The Morgan fingerprint density at radius 2 is 1.82 bits per heavy atom. The van der Waals surface area contributed by atoms with Gasteiger partial charge in [0, 0.05) is 6.07 Å². The topological polar surface area (TPSA) is 59.7 Å². The number of aromatic hydroxyl groups is 1. The van der Waals surface area contributed by atoms with Crippen molar-refractivity contribution in [2.24, 2.45) is 0 Å². The number of hydrogen-bond acceptors (Lipinski definition) is 4. The first kappa shape index (κ1) is 14.1. The summed E-state index contributed by atoms with van der Waals surface area (Å²) in [6, 6.07) is 8.31. The van der Waals surface area contributed by atoms with Crippen LogP contribution in [-0.4, -0.2) is 5.11 Å². The summed E-state index contributed by atoms with van der Waals surface area (Å²) in [5, 5.41) is 10.0. The second kappa shape index (κ2) is 5.18. The van der Waals surface area contributed by atoms with Crippen LogP contribution in [0.2, 0.25) is 0 Å². The van der Waals surface area contributed by atoms with E-state index in [9.17, 15) is 14.3 Å². The third-order valence-electron chi connectivity index (χ3n) is 3.37. The van der Waals surface area contributed by atoms with Gasteiger partial charge in [-0.15, -0.1) is 0 Å². The highest BCUT2D eigenvalue weighted by Crippen LogP contribution is 2.28. The van der Waals surface area contributed by atoms with E-state index in [0.717, 1.165) is 0 Å². The molecule has 1 heterocycles. The molecule has 5 heteroatoms. The van der Waals surface area contributed by atoms with Gasteiger partial charge in [0.25, 0.3) is 0 Å². The van der Waals surface area contributed by atoms with Gasteiger partial charge < -0.3 is 14.3 Å². The van der Waals surface area contributed by atoms with Crippen molar-refractivity contribution in [2.75, 3.05) is 0 Å². The van der Waals surface area contributed by atoms with Crippen LogP contribution in [0.4, 0.5) is 4.39 Å². The maximum absolute atomic E-state index is 12.9. The van der Waals surface area contributed by atoms with E-state index < -0.39 is 0 Å². The molecule has 0 aliphatic carbocycles. The Labute approximate surface area is 125 Å². The Kier molecular flexibility index (Phi) is 3.33. The van der Waals surface area contributed by atoms with Crippen molar-refractivity contribution in [1.82, 2.24) is 0 Å². The van der Waals surface area contributed by atoms with Crippen LogP contribution in [0, 0.1) is 19.7 Å². The van der Waals surface area contributed by atoms with Gasteiger partial charge in [-0.3, -0.25) is 4.79 Å². The smallest absolute Gasteiger partial charge is 0.235 e. The number of aryl methyl sites for hydroxylation is 2. The Morgan fingerprint density at radius 3 is 2.50 bits per heavy atom. The summed E-state index contributed by atoms with van der Waals surface area (Å²) >= 11 is 0. The molecule has 22 heavy (non-hydrogen) atoms. The van der Waals surface area contributed by atoms with Crippen LogP contribution in [-0.2, 0) is 0 Å². The Bertz CT molecular complexity index is 911. The first-order chi connectivity index (χ1) is 10.5. The van der Waals surface area contributed by atoms with Gasteiger partial charge in [-0.25, -0.2) is 4.39 Å². The summed E-state index contributed by atoms with van der Waals surface area (Å²) in [5.41, 5.74) is 0.514. The van der Waals surface area contributed by atoms with E-state index in [1.165, 1.54) is 30.3 Å². The molecule has 1 aromatic heterocycles. The third kappa shape index (κ3) is 2.41. The summed E-state index contributed by atoms with van der Waals surface area (Å²) in [4.78, 5) is 12.5. The van der Waals surface area contributed by atoms with E-state index in [1.807, 2.05) is 0 Å². The minimum atomic E-state index is -0.388. The number of fused-ring (bicyclic) bond motifs is 1. The van der Waals surface area contributed by atoms with Gasteiger partial charge in [0.2, 0.25) is 11.2 Å². The van der Waals surface area contributed by atoms with E-state index in [1.54, 1.807) is 19.9 Å². The molecule has 1 N–H and O–H groups in total. The summed E-state index contributed by atoms with van der Waals surface area (Å²) in [5.74, 6) is 0.337. The molecular weight excluding hydrogens is 287 g/mol. The number of benzene rings is 2. The van der Waals surface area contributed by atoms with Crippen molar-refractivity contribution >= 4 is 11.0 Å². The van der Waals surface area contributed by atoms with Gasteiger partial charge in [-0.2, -0.15) is 0 Å². The molecule has 0 spiro atoms. The van der Waals surface area contributed by atoms with Crippen LogP contribution in [0.3, 0.4) is 0 Å². The maximum Gasteiger partial charge on any atom is 0.235 e. The van der Waals surface area contributed by atoms with Crippen LogP contribution < -0.4 is 10.2 Å². The number of rotatable bonds is 2. The van der Waals surface area contributed by atoms with Crippen molar-refractivity contribution in [3.8, 4) is 17.2 Å². The zero-order valence-corrected chi connectivity index (χ0v) is 12.0. The molecule has 0 atom stereocenters. The fraction of sp³-hybridized carbons (Fsp3) is 0.118. The highest BCUT2D eigenvalue weighted by molar-refractivity contribution is 5.80. The quantitative estimate of drug-likeness (QED) is 0.775. The lowest BCUT2D eigenvalue weighted by atomic mass is 10.1. The second-order valence-electron chi connectivity index (χ2n) is 5.01. The van der Waals surface area contributed by atoms with Crippen molar-refractivity contribution in [3.63, 3.8) is 0 Å². The third-order valence-corrected chi connectivity index (χ3v) is 3.37. The standard InChI is InChI=1S/C17H13FO4/c1-9-7-13-15(8-14(9)19)21-10(2)17(16(13)20)22-12-5-3-11(18)4-6-12/h3-8,19H,1-2H3. The normalized spacial score (nSPS) is 10.9. The lowest BCUT2D eigenvalue weighted by molar-refractivity contribution is 0.433.